The Labute approximate surface area is 155 Å². The van der Waals surface area contributed by atoms with Gasteiger partial charge in [-0.1, -0.05) is 6.92 Å². The van der Waals surface area contributed by atoms with Crippen molar-refractivity contribution in [1.82, 2.24) is 15.6 Å². The van der Waals surface area contributed by atoms with Gasteiger partial charge in [0.05, 0.1) is 12.1 Å². The van der Waals surface area contributed by atoms with Crippen LogP contribution in [-0.4, -0.2) is 11.0 Å². The summed E-state index contributed by atoms with van der Waals surface area (Å²) in [4.78, 5) is 16.9. The normalized spacial score (nSPS) is 13.6. The van der Waals surface area contributed by atoms with Crippen LogP contribution in [0.4, 0.5) is 9.18 Å². The first-order valence-electron chi connectivity index (χ1n) is 8.56. The number of aromatic nitrogens is 1. The Morgan fingerprint density at radius 3 is 2.77 bits per heavy atom. The van der Waals surface area contributed by atoms with E-state index in [-0.39, 0.29) is 23.9 Å². The van der Waals surface area contributed by atoms with E-state index in [1.807, 2.05) is 33.1 Å². The Morgan fingerprint density at radius 2 is 2.12 bits per heavy atom. The molecular formula is C19H22FN3O2S. The highest BCUT2D eigenvalue weighted by molar-refractivity contribution is 7.09. The van der Waals surface area contributed by atoms with Crippen LogP contribution < -0.4 is 10.6 Å². The van der Waals surface area contributed by atoms with Crippen LogP contribution in [0.1, 0.15) is 54.4 Å². The number of nitrogens with zero attached hydrogens (tertiary/aromatic N) is 1. The van der Waals surface area contributed by atoms with Gasteiger partial charge in [0.15, 0.2) is 0 Å². The standard InChI is InChI=1S/C19H22FN3O2S/c1-5-15(18-21-10(2)9-26-18)23-19(24)22-12(4)17-11(3)14-8-13(20)6-7-16(14)25-17/h6-9,12,15H,5H2,1-4H3,(H2,22,23,24). The van der Waals surface area contributed by atoms with Crippen molar-refractivity contribution < 1.29 is 13.6 Å². The highest BCUT2D eigenvalue weighted by Gasteiger charge is 2.21. The van der Waals surface area contributed by atoms with Gasteiger partial charge in [-0.15, -0.1) is 11.3 Å². The summed E-state index contributed by atoms with van der Waals surface area (Å²) in [5.74, 6) is 0.315. The number of hydrogen-bond donors (Lipinski definition) is 2. The zero-order chi connectivity index (χ0) is 18.8. The minimum Gasteiger partial charge on any atom is -0.459 e. The Kier molecular flexibility index (Phi) is 5.27. The molecule has 0 saturated heterocycles. The van der Waals surface area contributed by atoms with E-state index in [0.29, 0.717) is 11.3 Å². The van der Waals surface area contributed by atoms with E-state index in [1.165, 1.54) is 23.5 Å². The number of urea groups is 1. The lowest BCUT2D eigenvalue weighted by molar-refractivity contribution is 0.232. The third-order valence-electron chi connectivity index (χ3n) is 4.32. The number of fused-ring (bicyclic) bond motifs is 1. The molecule has 3 aromatic rings. The van der Waals surface area contributed by atoms with Gasteiger partial charge in [0.2, 0.25) is 0 Å². The van der Waals surface area contributed by atoms with Crippen molar-refractivity contribution in [3.8, 4) is 0 Å². The topological polar surface area (TPSA) is 67.2 Å². The fourth-order valence-corrected chi connectivity index (χ4v) is 3.89. The quantitative estimate of drug-likeness (QED) is 0.647. The summed E-state index contributed by atoms with van der Waals surface area (Å²) >= 11 is 1.54. The Balaban J connectivity index is 1.72. The molecule has 0 aliphatic rings. The maximum atomic E-state index is 13.5. The van der Waals surface area contributed by atoms with Crippen LogP contribution in [0.25, 0.3) is 11.0 Å². The lowest BCUT2D eigenvalue weighted by Gasteiger charge is -2.18. The van der Waals surface area contributed by atoms with Gasteiger partial charge in [0.1, 0.15) is 22.2 Å². The Hall–Kier alpha value is -2.41. The van der Waals surface area contributed by atoms with E-state index in [1.54, 1.807) is 6.07 Å². The monoisotopic (exact) mass is 375 g/mol. The molecule has 5 nitrogen and oxygen atoms in total. The second kappa shape index (κ2) is 7.45. The number of thiazole rings is 1. The van der Waals surface area contributed by atoms with Gasteiger partial charge in [0, 0.05) is 22.0 Å². The van der Waals surface area contributed by atoms with Crippen molar-refractivity contribution in [2.75, 3.05) is 0 Å². The molecule has 2 N–H and O–H groups in total. The number of halogens is 1. The smallest absolute Gasteiger partial charge is 0.315 e. The largest absolute Gasteiger partial charge is 0.459 e. The number of carbonyl (C=O) groups is 1. The average molecular weight is 375 g/mol. The number of hydrogen-bond acceptors (Lipinski definition) is 4. The van der Waals surface area contributed by atoms with Crippen molar-refractivity contribution in [3.63, 3.8) is 0 Å². The molecule has 0 bridgehead atoms. The second-order valence-electron chi connectivity index (χ2n) is 6.36. The minimum atomic E-state index is -0.346. The van der Waals surface area contributed by atoms with E-state index < -0.39 is 0 Å². The molecule has 0 radical (unpaired) electrons. The minimum absolute atomic E-state index is 0.133. The van der Waals surface area contributed by atoms with E-state index >= 15 is 0 Å². The Morgan fingerprint density at radius 1 is 1.35 bits per heavy atom. The summed E-state index contributed by atoms with van der Waals surface area (Å²) in [6.45, 7) is 7.64. The molecule has 0 aliphatic heterocycles. The number of furan rings is 1. The predicted molar refractivity (Wildman–Crippen MR) is 101 cm³/mol. The van der Waals surface area contributed by atoms with Crippen molar-refractivity contribution in [2.45, 2.75) is 46.2 Å². The van der Waals surface area contributed by atoms with Gasteiger partial charge >= 0.3 is 6.03 Å². The Bertz CT molecular complexity index is 934. The van der Waals surface area contributed by atoms with Crippen molar-refractivity contribution in [3.05, 3.63) is 51.4 Å². The summed E-state index contributed by atoms with van der Waals surface area (Å²) in [5.41, 5.74) is 2.39. The van der Waals surface area contributed by atoms with E-state index in [9.17, 15) is 9.18 Å². The molecule has 1 aromatic carbocycles. The number of aryl methyl sites for hydroxylation is 2. The second-order valence-corrected chi connectivity index (χ2v) is 7.25. The number of benzene rings is 1. The summed E-state index contributed by atoms with van der Waals surface area (Å²) in [6, 6.07) is 3.65. The van der Waals surface area contributed by atoms with Gasteiger partial charge in [-0.25, -0.2) is 14.2 Å². The van der Waals surface area contributed by atoms with E-state index in [2.05, 4.69) is 15.6 Å². The predicted octanol–water partition coefficient (Wildman–Crippen LogP) is 5.16. The molecule has 138 valence electrons. The number of amides is 2. The van der Waals surface area contributed by atoms with E-state index in [4.69, 9.17) is 4.42 Å². The van der Waals surface area contributed by atoms with Gasteiger partial charge in [-0.05, 0) is 45.4 Å². The molecule has 3 rings (SSSR count). The average Bonchev–Trinajstić information content (AvgIpc) is 3.17. The molecule has 2 aromatic heterocycles. The summed E-state index contributed by atoms with van der Waals surface area (Å²) in [6.07, 6.45) is 0.748. The third-order valence-corrected chi connectivity index (χ3v) is 5.40. The molecule has 0 spiro atoms. The summed E-state index contributed by atoms with van der Waals surface area (Å²) in [5, 5.41) is 9.43. The summed E-state index contributed by atoms with van der Waals surface area (Å²) < 4.78 is 19.3. The highest BCUT2D eigenvalue weighted by Crippen LogP contribution is 2.30. The van der Waals surface area contributed by atoms with E-state index in [0.717, 1.165) is 28.1 Å². The molecule has 2 unspecified atom stereocenters. The summed E-state index contributed by atoms with van der Waals surface area (Å²) in [7, 11) is 0. The van der Waals surface area contributed by atoms with Crippen molar-refractivity contribution in [1.29, 1.82) is 0 Å². The SMILES string of the molecule is CCC(NC(=O)NC(C)c1oc2ccc(F)cc2c1C)c1nc(C)cs1. The van der Waals surface area contributed by atoms with Crippen LogP contribution in [0.2, 0.25) is 0 Å². The molecule has 0 saturated carbocycles. The highest BCUT2D eigenvalue weighted by atomic mass is 32.1. The molecule has 2 heterocycles. The molecule has 2 atom stereocenters. The number of rotatable bonds is 5. The van der Waals surface area contributed by atoms with Gasteiger partial charge in [-0.2, -0.15) is 0 Å². The van der Waals surface area contributed by atoms with Crippen LogP contribution in [0, 0.1) is 19.7 Å². The number of carbonyl (C=O) groups excluding carboxylic acids is 1. The fourth-order valence-electron chi connectivity index (χ4n) is 2.96. The zero-order valence-electron chi connectivity index (χ0n) is 15.2. The number of nitrogens with one attached hydrogen (secondary N) is 2. The fraction of sp³-hybridized carbons (Fsp3) is 0.368. The van der Waals surface area contributed by atoms with Crippen LogP contribution in [0.3, 0.4) is 0 Å². The van der Waals surface area contributed by atoms with Gasteiger partial charge < -0.3 is 15.1 Å². The molecule has 2 amide bonds. The maximum absolute atomic E-state index is 13.5. The third kappa shape index (κ3) is 3.72. The zero-order valence-corrected chi connectivity index (χ0v) is 16.0. The van der Waals surface area contributed by atoms with Crippen molar-refractivity contribution in [2.24, 2.45) is 0 Å². The molecule has 0 fully saturated rings. The van der Waals surface area contributed by atoms with Crippen LogP contribution in [0.5, 0.6) is 0 Å². The lowest BCUT2D eigenvalue weighted by atomic mass is 10.1. The maximum Gasteiger partial charge on any atom is 0.315 e. The van der Waals surface area contributed by atoms with Crippen LogP contribution >= 0.6 is 11.3 Å². The van der Waals surface area contributed by atoms with Crippen LogP contribution in [0.15, 0.2) is 28.0 Å². The van der Waals surface area contributed by atoms with Crippen molar-refractivity contribution >= 4 is 28.3 Å². The molecule has 7 heteroatoms. The molecule has 26 heavy (non-hydrogen) atoms. The van der Waals surface area contributed by atoms with Gasteiger partial charge in [0.25, 0.3) is 0 Å². The lowest BCUT2D eigenvalue weighted by Crippen LogP contribution is -2.39. The van der Waals surface area contributed by atoms with Crippen LogP contribution in [-0.2, 0) is 0 Å². The first-order chi connectivity index (χ1) is 12.4. The molecule has 0 aliphatic carbocycles. The first kappa shape index (κ1) is 18.4. The first-order valence-corrected chi connectivity index (χ1v) is 9.44. The molecular weight excluding hydrogens is 353 g/mol. The van der Waals surface area contributed by atoms with Gasteiger partial charge in [-0.3, -0.25) is 0 Å².